The minimum Gasteiger partial charge on any atom is -0.420 e. The van der Waals surface area contributed by atoms with Crippen molar-refractivity contribution >= 4 is 0 Å². The van der Waals surface area contributed by atoms with Gasteiger partial charge >= 0.3 is 11.8 Å². The van der Waals surface area contributed by atoms with Crippen molar-refractivity contribution in [2.24, 2.45) is 0 Å². The highest BCUT2D eigenvalue weighted by atomic mass is 16.4. The predicted octanol–water partition coefficient (Wildman–Crippen LogP) is 1.79. The van der Waals surface area contributed by atoms with Gasteiger partial charge in [0.2, 0.25) is 12.3 Å². The highest BCUT2D eigenvalue weighted by Gasteiger charge is 2.13. The molecule has 6 heteroatoms. The first-order chi connectivity index (χ1) is 7.93. The third-order valence-corrected chi connectivity index (χ3v) is 1.99. The number of rotatable bonds is 2. The first-order valence-corrected chi connectivity index (χ1v) is 4.59. The number of benzene rings is 1. The molecule has 0 fully saturated rings. The fourth-order valence-corrected chi connectivity index (χ4v) is 1.27. The van der Waals surface area contributed by atoms with E-state index in [0.717, 1.165) is 5.56 Å². The molecule has 0 saturated heterocycles. The van der Waals surface area contributed by atoms with E-state index in [4.69, 9.17) is 8.83 Å². The molecule has 0 saturated carbocycles. The quantitative estimate of drug-likeness (QED) is 0.647. The van der Waals surface area contributed by atoms with Gasteiger partial charge in [0.05, 0.1) is 0 Å². The lowest BCUT2D eigenvalue weighted by Gasteiger charge is -1.90. The maximum Gasteiger partial charge on any atom is 0.306 e. The molecule has 78 valence electrons. The molecular formula is C10H6N4O2. The number of aromatic nitrogens is 4. The summed E-state index contributed by atoms with van der Waals surface area (Å²) < 4.78 is 10.3. The fourth-order valence-electron chi connectivity index (χ4n) is 1.27. The smallest absolute Gasteiger partial charge is 0.306 e. The summed E-state index contributed by atoms with van der Waals surface area (Å²) >= 11 is 0. The Labute approximate surface area is 89.9 Å². The fraction of sp³-hybridized carbons (Fsp3) is 0. The van der Waals surface area contributed by atoms with E-state index >= 15 is 0 Å². The summed E-state index contributed by atoms with van der Waals surface area (Å²) in [7, 11) is 0. The normalized spacial score (nSPS) is 10.5. The SMILES string of the molecule is c1ccc(-c2nnc(-c3nnco3)o2)cc1. The molecule has 2 heterocycles. The summed E-state index contributed by atoms with van der Waals surface area (Å²) in [6.45, 7) is 0. The summed E-state index contributed by atoms with van der Waals surface area (Å²) in [4.78, 5) is 0. The van der Waals surface area contributed by atoms with Crippen LogP contribution >= 0.6 is 0 Å². The minimum absolute atomic E-state index is 0.217. The molecule has 0 bridgehead atoms. The first-order valence-electron chi connectivity index (χ1n) is 4.59. The maximum absolute atomic E-state index is 5.40. The van der Waals surface area contributed by atoms with Gasteiger partial charge in [-0.2, -0.15) is 0 Å². The van der Waals surface area contributed by atoms with Gasteiger partial charge in [-0.1, -0.05) is 18.2 Å². The van der Waals surface area contributed by atoms with Crippen LogP contribution in [0.2, 0.25) is 0 Å². The van der Waals surface area contributed by atoms with Gasteiger partial charge in [-0.25, -0.2) is 0 Å². The van der Waals surface area contributed by atoms with Crippen LogP contribution in [0, 0.1) is 0 Å². The summed E-state index contributed by atoms with van der Waals surface area (Å²) in [6, 6.07) is 9.47. The van der Waals surface area contributed by atoms with E-state index in [-0.39, 0.29) is 11.8 Å². The Morgan fingerprint density at radius 3 is 2.38 bits per heavy atom. The van der Waals surface area contributed by atoms with Crippen molar-refractivity contribution in [3.05, 3.63) is 36.7 Å². The van der Waals surface area contributed by atoms with Crippen molar-refractivity contribution in [1.29, 1.82) is 0 Å². The van der Waals surface area contributed by atoms with Crippen LogP contribution in [0.15, 0.2) is 45.6 Å². The van der Waals surface area contributed by atoms with Crippen LogP contribution < -0.4 is 0 Å². The van der Waals surface area contributed by atoms with Gasteiger partial charge in [-0.15, -0.1) is 20.4 Å². The van der Waals surface area contributed by atoms with E-state index in [1.54, 1.807) is 0 Å². The third kappa shape index (κ3) is 1.46. The van der Waals surface area contributed by atoms with Crippen molar-refractivity contribution in [3.8, 4) is 23.2 Å². The lowest BCUT2D eigenvalue weighted by molar-refractivity contribution is 0.514. The molecule has 2 aromatic heterocycles. The zero-order chi connectivity index (χ0) is 10.8. The number of nitrogens with zero attached hydrogens (tertiary/aromatic N) is 4. The van der Waals surface area contributed by atoms with Crippen LogP contribution in [-0.4, -0.2) is 20.4 Å². The lowest BCUT2D eigenvalue weighted by Crippen LogP contribution is -1.77. The molecule has 0 radical (unpaired) electrons. The molecule has 0 aliphatic carbocycles. The summed E-state index contributed by atoms with van der Waals surface area (Å²) in [5.74, 6) is 0.861. The Morgan fingerprint density at radius 1 is 0.812 bits per heavy atom. The molecule has 0 aliphatic heterocycles. The second-order valence-electron chi connectivity index (χ2n) is 3.02. The van der Waals surface area contributed by atoms with Crippen LogP contribution in [0.4, 0.5) is 0 Å². The maximum atomic E-state index is 5.40. The molecule has 3 rings (SSSR count). The van der Waals surface area contributed by atoms with Crippen molar-refractivity contribution < 1.29 is 8.83 Å². The molecule has 0 unspecified atom stereocenters. The molecule has 6 nitrogen and oxygen atoms in total. The molecule has 3 aromatic rings. The topological polar surface area (TPSA) is 77.8 Å². The Balaban J connectivity index is 2.00. The summed E-state index contributed by atoms with van der Waals surface area (Å²) in [6.07, 6.45) is 1.21. The van der Waals surface area contributed by atoms with Gasteiger partial charge in [-0.05, 0) is 12.1 Å². The van der Waals surface area contributed by atoms with Crippen molar-refractivity contribution in [3.63, 3.8) is 0 Å². The number of hydrogen-bond acceptors (Lipinski definition) is 6. The molecule has 0 spiro atoms. The van der Waals surface area contributed by atoms with Crippen molar-refractivity contribution in [1.82, 2.24) is 20.4 Å². The molecule has 1 aromatic carbocycles. The van der Waals surface area contributed by atoms with E-state index in [1.165, 1.54) is 6.39 Å². The van der Waals surface area contributed by atoms with Gasteiger partial charge in [0.15, 0.2) is 0 Å². The Kier molecular flexibility index (Phi) is 1.96. The zero-order valence-corrected chi connectivity index (χ0v) is 8.07. The van der Waals surface area contributed by atoms with Crippen molar-refractivity contribution in [2.45, 2.75) is 0 Å². The summed E-state index contributed by atoms with van der Waals surface area (Å²) in [5, 5.41) is 14.9. The molecule has 0 atom stereocenters. The first kappa shape index (κ1) is 8.78. The van der Waals surface area contributed by atoms with E-state index in [0.29, 0.717) is 5.89 Å². The highest BCUT2D eigenvalue weighted by Crippen LogP contribution is 2.21. The highest BCUT2D eigenvalue weighted by molar-refractivity contribution is 5.53. The molecular weight excluding hydrogens is 208 g/mol. The Morgan fingerprint density at radius 2 is 1.62 bits per heavy atom. The van der Waals surface area contributed by atoms with Crippen LogP contribution in [-0.2, 0) is 0 Å². The van der Waals surface area contributed by atoms with Gasteiger partial charge in [-0.3, -0.25) is 0 Å². The molecule has 0 amide bonds. The van der Waals surface area contributed by atoms with E-state index in [9.17, 15) is 0 Å². The van der Waals surface area contributed by atoms with Crippen molar-refractivity contribution in [2.75, 3.05) is 0 Å². The Hall–Kier alpha value is -2.50. The van der Waals surface area contributed by atoms with Gasteiger partial charge in [0, 0.05) is 5.56 Å². The van der Waals surface area contributed by atoms with Gasteiger partial charge in [0.25, 0.3) is 0 Å². The van der Waals surface area contributed by atoms with E-state index < -0.39 is 0 Å². The second kappa shape index (κ2) is 3.58. The van der Waals surface area contributed by atoms with E-state index in [2.05, 4.69) is 20.4 Å². The van der Waals surface area contributed by atoms with Crippen LogP contribution in [0.5, 0.6) is 0 Å². The average Bonchev–Trinajstić information content (AvgIpc) is 3.01. The largest absolute Gasteiger partial charge is 0.420 e. The van der Waals surface area contributed by atoms with Gasteiger partial charge in [0.1, 0.15) is 0 Å². The monoisotopic (exact) mass is 214 g/mol. The predicted molar refractivity (Wildman–Crippen MR) is 53.0 cm³/mol. The second-order valence-corrected chi connectivity index (χ2v) is 3.02. The zero-order valence-electron chi connectivity index (χ0n) is 8.07. The molecule has 16 heavy (non-hydrogen) atoms. The molecule has 0 aliphatic rings. The van der Waals surface area contributed by atoms with Gasteiger partial charge < -0.3 is 8.83 Å². The molecule has 0 N–H and O–H groups in total. The number of hydrogen-bond donors (Lipinski definition) is 0. The van der Waals surface area contributed by atoms with Crippen LogP contribution in [0.25, 0.3) is 23.2 Å². The third-order valence-electron chi connectivity index (χ3n) is 1.99. The lowest BCUT2D eigenvalue weighted by atomic mass is 10.2. The minimum atomic E-state index is 0.217. The van der Waals surface area contributed by atoms with Crippen LogP contribution in [0.3, 0.4) is 0 Å². The average molecular weight is 214 g/mol. The summed E-state index contributed by atoms with van der Waals surface area (Å²) in [5.41, 5.74) is 0.848. The van der Waals surface area contributed by atoms with Crippen LogP contribution in [0.1, 0.15) is 0 Å². The Bertz CT molecular complexity index is 574. The van der Waals surface area contributed by atoms with E-state index in [1.807, 2.05) is 30.3 Å². The standard InChI is InChI=1S/C10H6N4O2/c1-2-4-7(5-3-1)8-13-14-10(16-8)9-12-11-6-15-9/h1-6H.